The van der Waals surface area contributed by atoms with Crippen molar-refractivity contribution in [3.8, 4) is 0 Å². The second-order valence-electron chi connectivity index (χ2n) is 5.00. The van der Waals surface area contributed by atoms with E-state index in [1.165, 1.54) is 11.1 Å². The Bertz CT molecular complexity index is 562. The highest BCUT2D eigenvalue weighted by Gasteiger charge is 2.07. The van der Waals surface area contributed by atoms with Crippen LogP contribution in [0.3, 0.4) is 0 Å². The first-order valence-electron chi connectivity index (χ1n) is 7.21. The van der Waals surface area contributed by atoms with Crippen molar-refractivity contribution in [3.05, 3.63) is 82.2 Å². The monoisotopic (exact) mass is 280 g/mol. The third kappa shape index (κ3) is 5.69. The number of nitrogens with one attached hydrogen (secondary N) is 1. The van der Waals surface area contributed by atoms with Gasteiger partial charge >= 0.3 is 0 Å². The molecule has 4 nitrogen and oxygen atoms in total. The third-order valence-corrected chi connectivity index (χ3v) is 3.36. The van der Waals surface area contributed by atoms with E-state index in [2.05, 4.69) is 39.6 Å². The standard InChI is InChI=1S/C17H20N4/c18-21-20-17(13-15-7-3-1-4-8-15)11-12-19-14-16-9-5-2-6-10-16/h1-10,17,19H,11-14H2. The molecule has 21 heavy (non-hydrogen) atoms. The van der Waals surface area contributed by atoms with Gasteiger partial charge in [0.05, 0.1) is 0 Å². The predicted molar refractivity (Wildman–Crippen MR) is 85.8 cm³/mol. The zero-order valence-electron chi connectivity index (χ0n) is 12.0. The van der Waals surface area contributed by atoms with Crippen molar-refractivity contribution in [2.75, 3.05) is 6.54 Å². The molecule has 1 unspecified atom stereocenters. The van der Waals surface area contributed by atoms with Crippen molar-refractivity contribution in [1.82, 2.24) is 5.32 Å². The van der Waals surface area contributed by atoms with Crippen LogP contribution in [0, 0.1) is 0 Å². The molecule has 0 spiro atoms. The van der Waals surface area contributed by atoms with Crippen molar-refractivity contribution >= 4 is 0 Å². The van der Waals surface area contributed by atoms with Gasteiger partial charge in [0.1, 0.15) is 0 Å². The van der Waals surface area contributed by atoms with E-state index in [1.54, 1.807) is 0 Å². The summed E-state index contributed by atoms with van der Waals surface area (Å²) in [5, 5.41) is 7.30. The van der Waals surface area contributed by atoms with Crippen LogP contribution in [0.1, 0.15) is 17.5 Å². The highest BCUT2D eigenvalue weighted by atomic mass is 15.1. The largest absolute Gasteiger partial charge is 0.313 e. The molecule has 0 radical (unpaired) electrons. The molecule has 2 aromatic carbocycles. The molecule has 0 amide bonds. The Morgan fingerprint density at radius 3 is 2.19 bits per heavy atom. The van der Waals surface area contributed by atoms with E-state index in [9.17, 15) is 0 Å². The van der Waals surface area contributed by atoms with Crippen molar-refractivity contribution < 1.29 is 0 Å². The highest BCUT2D eigenvalue weighted by molar-refractivity contribution is 5.16. The summed E-state index contributed by atoms with van der Waals surface area (Å²) < 4.78 is 0. The minimum Gasteiger partial charge on any atom is -0.313 e. The molecular weight excluding hydrogens is 260 g/mol. The van der Waals surface area contributed by atoms with E-state index in [4.69, 9.17) is 5.53 Å². The molecule has 0 heterocycles. The van der Waals surface area contributed by atoms with Gasteiger partial charge in [-0.1, -0.05) is 65.8 Å². The fraction of sp³-hybridized carbons (Fsp3) is 0.294. The molecule has 1 N–H and O–H groups in total. The van der Waals surface area contributed by atoms with Crippen LogP contribution in [0.4, 0.5) is 0 Å². The van der Waals surface area contributed by atoms with Crippen molar-refractivity contribution in [1.29, 1.82) is 0 Å². The van der Waals surface area contributed by atoms with E-state index >= 15 is 0 Å². The summed E-state index contributed by atoms with van der Waals surface area (Å²) in [6, 6.07) is 20.4. The highest BCUT2D eigenvalue weighted by Crippen LogP contribution is 2.09. The normalized spacial score (nSPS) is 11.6. The molecule has 0 aliphatic rings. The first-order valence-corrected chi connectivity index (χ1v) is 7.21. The van der Waals surface area contributed by atoms with Crippen molar-refractivity contribution in [2.24, 2.45) is 5.11 Å². The zero-order valence-corrected chi connectivity index (χ0v) is 12.0. The van der Waals surface area contributed by atoms with Gasteiger partial charge in [0.15, 0.2) is 0 Å². The lowest BCUT2D eigenvalue weighted by atomic mass is 10.0. The first-order chi connectivity index (χ1) is 10.4. The molecule has 0 bridgehead atoms. The van der Waals surface area contributed by atoms with Crippen molar-refractivity contribution in [2.45, 2.75) is 25.4 Å². The van der Waals surface area contributed by atoms with Gasteiger partial charge in [-0.15, -0.1) is 0 Å². The van der Waals surface area contributed by atoms with Crippen LogP contribution in [0.5, 0.6) is 0 Å². The molecule has 0 aromatic heterocycles. The van der Waals surface area contributed by atoms with Crippen LogP contribution in [-0.2, 0) is 13.0 Å². The third-order valence-electron chi connectivity index (χ3n) is 3.36. The second kappa shape index (κ2) is 8.80. The van der Waals surface area contributed by atoms with Crippen LogP contribution < -0.4 is 5.32 Å². The average molecular weight is 280 g/mol. The number of hydrogen-bond acceptors (Lipinski definition) is 2. The Balaban J connectivity index is 1.76. The van der Waals surface area contributed by atoms with E-state index in [0.717, 1.165) is 25.9 Å². The summed E-state index contributed by atoms with van der Waals surface area (Å²) in [5.41, 5.74) is 11.2. The van der Waals surface area contributed by atoms with Gasteiger partial charge in [0.25, 0.3) is 0 Å². The van der Waals surface area contributed by atoms with Crippen LogP contribution in [-0.4, -0.2) is 12.6 Å². The van der Waals surface area contributed by atoms with Gasteiger partial charge in [-0.05, 0) is 36.0 Å². The fourth-order valence-electron chi connectivity index (χ4n) is 2.26. The Morgan fingerprint density at radius 1 is 0.952 bits per heavy atom. The lowest BCUT2D eigenvalue weighted by molar-refractivity contribution is 0.556. The van der Waals surface area contributed by atoms with Gasteiger partial charge in [-0.3, -0.25) is 0 Å². The second-order valence-corrected chi connectivity index (χ2v) is 5.00. The Hall–Kier alpha value is -2.29. The maximum absolute atomic E-state index is 8.69. The molecule has 0 aliphatic heterocycles. The van der Waals surface area contributed by atoms with E-state index in [1.807, 2.05) is 36.4 Å². The molecule has 1 atom stereocenters. The van der Waals surface area contributed by atoms with Crippen LogP contribution in [0.25, 0.3) is 10.4 Å². The van der Waals surface area contributed by atoms with E-state index in [0.29, 0.717) is 0 Å². The Kier molecular flexibility index (Phi) is 6.33. The van der Waals surface area contributed by atoms with E-state index < -0.39 is 0 Å². The minimum absolute atomic E-state index is 0.000623. The lowest BCUT2D eigenvalue weighted by Gasteiger charge is -2.12. The van der Waals surface area contributed by atoms with Crippen LogP contribution >= 0.6 is 0 Å². The predicted octanol–water partition coefficient (Wildman–Crippen LogP) is 4.09. The minimum atomic E-state index is 0.000623. The molecule has 4 heteroatoms. The maximum atomic E-state index is 8.69. The molecule has 2 rings (SSSR count). The van der Waals surface area contributed by atoms with Gasteiger partial charge in [-0.25, -0.2) is 0 Å². The van der Waals surface area contributed by atoms with Gasteiger partial charge in [-0.2, -0.15) is 0 Å². The van der Waals surface area contributed by atoms with E-state index in [-0.39, 0.29) is 6.04 Å². The SMILES string of the molecule is [N-]=[N+]=NC(CCNCc1ccccc1)Cc1ccccc1. The molecule has 2 aromatic rings. The summed E-state index contributed by atoms with van der Waals surface area (Å²) in [4.78, 5) is 2.97. The fourth-order valence-corrected chi connectivity index (χ4v) is 2.26. The lowest BCUT2D eigenvalue weighted by Crippen LogP contribution is -2.20. The topological polar surface area (TPSA) is 60.8 Å². The summed E-state index contributed by atoms with van der Waals surface area (Å²) in [5.74, 6) is 0. The molecule has 0 fully saturated rings. The number of benzene rings is 2. The van der Waals surface area contributed by atoms with Crippen molar-refractivity contribution in [3.63, 3.8) is 0 Å². The molecule has 0 saturated heterocycles. The Labute approximate surface area is 125 Å². The Morgan fingerprint density at radius 2 is 1.57 bits per heavy atom. The zero-order chi connectivity index (χ0) is 14.8. The number of rotatable bonds is 8. The van der Waals surface area contributed by atoms with Crippen LogP contribution in [0.15, 0.2) is 65.8 Å². The average Bonchev–Trinajstić information content (AvgIpc) is 2.54. The summed E-state index contributed by atoms with van der Waals surface area (Å²) >= 11 is 0. The molecule has 108 valence electrons. The van der Waals surface area contributed by atoms with Gasteiger partial charge in [0, 0.05) is 17.5 Å². The van der Waals surface area contributed by atoms with Crippen LogP contribution in [0.2, 0.25) is 0 Å². The summed E-state index contributed by atoms with van der Waals surface area (Å²) in [6.07, 6.45) is 1.63. The maximum Gasteiger partial charge on any atom is 0.0426 e. The smallest absolute Gasteiger partial charge is 0.0426 e. The van der Waals surface area contributed by atoms with Gasteiger partial charge in [0.2, 0.25) is 0 Å². The summed E-state index contributed by atoms with van der Waals surface area (Å²) in [7, 11) is 0. The quantitative estimate of drug-likeness (QED) is 0.336. The molecule has 0 saturated carbocycles. The number of nitrogens with zero attached hydrogens (tertiary/aromatic N) is 3. The molecular formula is C17H20N4. The van der Waals surface area contributed by atoms with Gasteiger partial charge < -0.3 is 5.32 Å². The number of azide groups is 1. The first kappa shape index (κ1) is 15.1. The number of hydrogen-bond donors (Lipinski definition) is 1. The summed E-state index contributed by atoms with van der Waals surface area (Å²) in [6.45, 7) is 1.68. The molecule has 0 aliphatic carbocycles.